The van der Waals surface area contributed by atoms with Crippen LogP contribution in [-0.2, 0) is 9.47 Å². The molecule has 4 heteroatoms. The van der Waals surface area contributed by atoms with E-state index in [1.807, 2.05) is 0 Å². The zero-order valence-electron chi connectivity index (χ0n) is 12.1. The van der Waals surface area contributed by atoms with Crippen LogP contribution in [0.3, 0.4) is 0 Å². The predicted octanol–water partition coefficient (Wildman–Crippen LogP) is 1.25. The number of hydrogen-bond donors (Lipinski definition) is 0. The Morgan fingerprint density at radius 3 is 2.92 bits per heavy atom. The van der Waals surface area contributed by atoms with Gasteiger partial charge in [-0.15, -0.1) is 0 Å². The predicted molar refractivity (Wildman–Crippen MR) is 48.6 cm³/mol. The molecule has 0 spiro atoms. The molecule has 0 saturated carbocycles. The molecule has 0 aromatic rings. The summed E-state index contributed by atoms with van der Waals surface area (Å²) in [6.45, 7) is -0.205. The fraction of sp³-hybridized carbons (Fsp3) is 0.889. The van der Waals surface area contributed by atoms with Crippen LogP contribution in [0.2, 0.25) is 0 Å². The van der Waals surface area contributed by atoms with Crippen LogP contribution >= 0.6 is 0 Å². The van der Waals surface area contributed by atoms with E-state index in [9.17, 15) is 4.79 Å². The molecule has 1 aliphatic rings. The van der Waals surface area contributed by atoms with Gasteiger partial charge in [0.1, 0.15) is 5.60 Å². The van der Waals surface area contributed by atoms with Crippen molar-refractivity contribution in [1.29, 1.82) is 0 Å². The van der Waals surface area contributed by atoms with Gasteiger partial charge in [-0.1, -0.05) is 0 Å². The maximum atomic E-state index is 11.8. The molecule has 0 N–H and O–H groups in total. The largest absolute Gasteiger partial charge is 0.444 e. The lowest BCUT2D eigenvalue weighted by Crippen LogP contribution is -2.43. The SMILES string of the molecule is [2H]C1([2H])OCCN(C(=O)OC(C)(C)C)C1([2H])[2H]. The van der Waals surface area contributed by atoms with Gasteiger partial charge in [0.25, 0.3) is 0 Å². The Hall–Kier alpha value is -0.770. The molecule has 4 nitrogen and oxygen atoms in total. The number of carbonyl (C=O) groups is 1. The summed E-state index contributed by atoms with van der Waals surface area (Å²) in [5.41, 5.74) is -0.752. The van der Waals surface area contributed by atoms with Gasteiger partial charge in [0, 0.05) is 13.0 Å². The summed E-state index contributed by atoms with van der Waals surface area (Å²) >= 11 is 0. The highest BCUT2D eigenvalue weighted by atomic mass is 16.6. The molecule has 1 rings (SSSR count). The van der Waals surface area contributed by atoms with E-state index in [-0.39, 0.29) is 13.2 Å². The number of carbonyl (C=O) groups excluding carboxylic acids is 1. The van der Waals surface area contributed by atoms with Crippen LogP contribution in [0.5, 0.6) is 0 Å². The second-order valence-electron chi connectivity index (χ2n) is 3.69. The van der Waals surface area contributed by atoms with Crippen molar-refractivity contribution < 1.29 is 19.8 Å². The van der Waals surface area contributed by atoms with Crippen molar-refractivity contribution in [3.05, 3.63) is 0 Å². The number of amides is 1. The molecule has 76 valence electrons. The van der Waals surface area contributed by atoms with E-state index < -0.39 is 24.8 Å². The molecule has 13 heavy (non-hydrogen) atoms. The monoisotopic (exact) mass is 191 g/mol. The van der Waals surface area contributed by atoms with E-state index in [0.717, 1.165) is 4.90 Å². The van der Waals surface area contributed by atoms with Gasteiger partial charge in [-0.3, -0.25) is 0 Å². The first-order valence-corrected chi connectivity index (χ1v) is 4.12. The second-order valence-corrected chi connectivity index (χ2v) is 3.69. The van der Waals surface area contributed by atoms with Crippen molar-refractivity contribution in [3.63, 3.8) is 0 Å². The van der Waals surface area contributed by atoms with Gasteiger partial charge >= 0.3 is 6.09 Å². The third-order valence-corrected chi connectivity index (χ3v) is 1.28. The molecule has 0 aromatic carbocycles. The summed E-state index contributed by atoms with van der Waals surface area (Å²) in [4.78, 5) is 12.5. The van der Waals surface area contributed by atoms with Crippen LogP contribution < -0.4 is 0 Å². The maximum absolute atomic E-state index is 11.8. The van der Waals surface area contributed by atoms with Crippen molar-refractivity contribution in [2.75, 3.05) is 26.2 Å². The highest BCUT2D eigenvalue weighted by Gasteiger charge is 2.23. The smallest absolute Gasteiger partial charge is 0.410 e. The van der Waals surface area contributed by atoms with Gasteiger partial charge in [0.05, 0.1) is 18.6 Å². The number of ether oxygens (including phenoxy) is 2. The summed E-state index contributed by atoms with van der Waals surface area (Å²) in [6.07, 6.45) is -0.880. The molecule has 0 unspecified atom stereocenters. The van der Waals surface area contributed by atoms with E-state index in [0.29, 0.717) is 0 Å². The molecule has 1 heterocycles. The Morgan fingerprint density at radius 1 is 1.62 bits per heavy atom. The number of nitrogens with zero attached hydrogens (tertiary/aromatic N) is 1. The third kappa shape index (κ3) is 3.63. The molecular formula is C9H17NO3. The Labute approximate surface area is 84.4 Å². The zero-order valence-corrected chi connectivity index (χ0v) is 8.09. The summed E-state index contributed by atoms with van der Waals surface area (Å²) in [5, 5.41) is 0. The Morgan fingerprint density at radius 2 is 2.31 bits per heavy atom. The van der Waals surface area contributed by atoms with Crippen LogP contribution in [-0.4, -0.2) is 42.8 Å². The van der Waals surface area contributed by atoms with E-state index in [2.05, 4.69) is 0 Å². The topological polar surface area (TPSA) is 38.8 Å². The van der Waals surface area contributed by atoms with Crippen molar-refractivity contribution in [2.45, 2.75) is 26.4 Å². The van der Waals surface area contributed by atoms with E-state index >= 15 is 0 Å². The van der Waals surface area contributed by atoms with Gasteiger partial charge in [-0.05, 0) is 20.8 Å². The molecule has 0 bridgehead atoms. The van der Waals surface area contributed by atoms with Crippen molar-refractivity contribution in [3.8, 4) is 0 Å². The van der Waals surface area contributed by atoms with Crippen molar-refractivity contribution in [2.24, 2.45) is 0 Å². The van der Waals surface area contributed by atoms with Gasteiger partial charge in [0.15, 0.2) is 0 Å². The van der Waals surface area contributed by atoms with Gasteiger partial charge in [-0.2, -0.15) is 0 Å². The first kappa shape index (κ1) is 5.86. The van der Waals surface area contributed by atoms with Crippen LogP contribution in [0.1, 0.15) is 26.3 Å². The standard InChI is InChI=1S/C9H17NO3/c1-9(2,3)13-8(11)10-4-6-12-7-5-10/h4-7H2,1-3H3/i4D2,6D2. The summed E-state index contributed by atoms with van der Waals surface area (Å²) in [6, 6.07) is 0. The third-order valence-electron chi connectivity index (χ3n) is 1.28. The maximum Gasteiger partial charge on any atom is 0.410 e. The Bertz CT molecular complexity index is 314. The Balaban J connectivity index is 2.87. The second kappa shape index (κ2) is 3.96. The lowest BCUT2D eigenvalue weighted by Gasteiger charge is -2.29. The first-order chi connectivity index (χ1) is 7.47. The minimum Gasteiger partial charge on any atom is -0.444 e. The average Bonchev–Trinajstić information content (AvgIpc) is 2.06. The average molecular weight is 191 g/mol. The molecule has 0 atom stereocenters. The summed E-state index contributed by atoms with van der Waals surface area (Å²) < 4.78 is 39.8. The van der Waals surface area contributed by atoms with Gasteiger partial charge in [0.2, 0.25) is 0 Å². The molecule has 0 aliphatic carbocycles. The van der Waals surface area contributed by atoms with Gasteiger partial charge in [-0.25, -0.2) is 4.79 Å². The molecular weight excluding hydrogens is 170 g/mol. The van der Waals surface area contributed by atoms with Crippen LogP contribution in [0.25, 0.3) is 0 Å². The van der Waals surface area contributed by atoms with Gasteiger partial charge < -0.3 is 14.4 Å². The normalized spacial score (nSPS) is 30.8. The molecule has 1 aliphatic heterocycles. The number of hydrogen-bond acceptors (Lipinski definition) is 3. The molecule has 1 amide bonds. The minimum absolute atomic E-state index is 0.0403. The minimum atomic E-state index is -2.55. The van der Waals surface area contributed by atoms with Crippen molar-refractivity contribution >= 4 is 6.09 Å². The quantitative estimate of drug-likeness (QED) is 0.578. The number of rotatable bonds is 0. The lowest BCUT2D eigenvalue weighted by molar-refractivity contribution is -0.00676. The van der Waals surface area contributed by atoms with Crippen LogP contribution in [0.15, 0.2) is 0 Å². The molecule has 1 fully saturated rings. The lowest BCUT2D eigenvalue weighted by atomic mass is 10.2. The van der Waals surface area contributed by atoms with Crippen LogP contribution in [0, 0.1) is 0 Å². The van der Waals surface area contributed by atoms with Crippen LogP contribution in [0.4, 0.5) is 4.79 Å². The number of morpholine rings is 1. The fourth-order valence-corrected chi connectivity index (χ4v) is 0.785. The molecule has 0 radical (unpaired) electrons. The summed E-state index contributed by atoms with van der Waals surface area (Å²) in [5.74, 6) is 0. The van der Waals surface area contributed by atoms with E-state index in [1.54, 1.807) is 20.8 Å². The zero-order chi connectivity index (χ0) is 13.5. The highest BCUT2D eigenvalue weighted by Crippen LogP contribution is 2.10. The molecule has 0 aromatic heterocycles. The summed E-state index contributed by atoms with van der Waals surface area (Å²) in [7, 11) is 0. The Kier molecular flexibility index (Phi) is 1.78. The molecule has 1 saturated heterocycles. The first-order valence-electron chi connectivity index (χ1n) is 6.12. The highest BCUT2D eigenvalue weighted by molar-refractivity contribution is 5.68. The van der Waals surface area contributed by atoms with E-state index in [4.69, 9.17) is 15.0 Å². The fourth-order valence-electron chi connectivity index (χ4n) is 0.785. The van der Waals surface area contributed by atoms with E-state index in [1.165, 1.54) is 0 Å². The van der Waals surface area contributed by atoms with Crippen molar-refractivity contribution in [1.82, 2.24) is 4.90 Å².